The van der Waals surface area contributed by atoms with E-state index in [1.807, 2.05) is 0 Å². The monoisotopic (exact) mass is 650 g/mol. The van der Waals surface area contributed by atoms with E-state index >= 15 is 0 Å². The molecule has 0 aliphatic carbocycles. The molecule has 0 aliphatic rings. The van der Waals surface area contributed by atoms with Crippen LogP contribution >= 0.6 is 0 Å². The van der Waals surface area contributed by atoms with Crippen LogP contribution in [0.2, 0.25) is 0 Å². The molecular formula is C40H76BrN. The van der Waals surface area contributed by atoms with Crippen molar-refractivity contribution in [1.29, 1.82) is 0 Å². The lowest BCUT2D eigenvalue weighted by Crippen LogP contribution is -3.00. The van der Waals surface area contributed by atoms with Crippen LogP contribution in [-0.4, -0.2) is 24.6 Å². The van der Waals surface area contributed by atoms with Crippen molar-refractivity contribution in [3.8, 4) is 0 Å². The Bertz CT molecular complexity index is 598. The van der Waals surface area contributed by atoms with Gasteiger partial charge in [0.05, 0.1) is 20.1 Å². The highest BCUT2D eigenvalue weighted by molar-refractivity contribution is 5.13. The van der Waals surface area contributed by atoms with Crippen molar-refractivity contribution in [1.82, 2.24) is 0 Å². The van der Waals surface area contributed by atoms with E-state index in [-0.39, 0.29) is 17.0 Å². The van der Waals surface area contributed by atoms with Crippen LogP contribution in [0.1, 0.15) is 199 Å². The Kier molecular flexibility index (Phi) is 31.8. The molecule has 248 valence electrons. The van der Waals surface area contributed by atoms with E-state index in [2.05, 4.69) is 51.2 Å². The molecule has 0 heterocycles. The number of hydrogen-bond donors (Lipinski definition) is 0. The van der Waals surface area contributed by atoms with Crippen molar-refractivity contribution in [2.75, 3.05) is 20.1 Å². The van der Waals surface area contributed by atoms with Gasteiger partial charge in [0.1, 0.15) is 6.54 Å². The maximum Gasteiger partial charge on any atom is 0.104 e. The fourth-order valence-corrected chi connectivity index (χ4v) is 6.67. The Balaban J connectivity index is 0.0000168. The standard InChI is InChI=1S/C40H76N.BrH/c1-4-6-8-10-12-14-16-18-20-22-24-26-28-33-37-41(3,39-40-35-31-30-32-36-40)38-34-29-27-25-23-21-19-17-15-13-11-9-7-5-2;/h30-32,35-36H,4-29,33-34,37-39H2,1-3H3;1H/q+1;/p-1. The first-order valence-electron chi connectivity index (χ1n) is 19.1. The van der Waals surface area contributed by atoms with E-state index in [0.717, 1.165) is 0 Å². The Morgan fingerprint density at radius 2 is 0.643 bits per heavy atom. The summed E-state index contributed by atoms with van der Waals surface area (Å²) >= 11 is 0. The maximum atomic E-state index is 2.54. The number of nitrogens with zero attached hydrogens (tertiary/aromatic N) is 1. The van der Waals surface area contributed by atoms with E-state index in [4.69, 9.17) is 0 Å². The third-order valence-electron chi connectivity index (χ3n) is 9.51. The number of benzene rings is 1. The lowest BCUT2D eigenvalue weighted by molar-refractivity contribution is -0.923. The van der Waals surface area contributed by atoms with Crippen LogP contribution in [0.5, 0.6) is 0 Å². The first kappa shape index (κ1) is 41.7. The van der Waals surface area contributed by atoms with Gasteiger partial charge in [-0.3, -0.25) is 0 Å². The number of unbranched alkanes of at least 4 members (excludes halogenated alkanes) is 26. The fraction of sp³-hybridized carbons (Fsp3) is 0.850. The topological polar surface area (TPSA) is 0 Å². The largest absolute Gasteiger partial charge is 1.00 e. The molecule has 1 rings (SSSR count). The Morgan fingerprint density at radius 3 is 0.929 bits per heavy atom. The molecule has 0 radical (unpaired) electrons. The van der Waals surface area contributed by atoms with Crippen molar-refractivity contribution < 1.29 is 21.5 Å². The second kappa shape index (κ2) is 32.1. The van der Waals surface area contributed by atoms with Crippen LogP contribution in [0.25, 0.3) is 0 Å². The summed E-state index contributed by atoms with van der Waals surface area (Å²) in [6, 6.07) is 11.3. The molecule has 1 aromatic carbocycles. The number of hydrogen-bond acceptors (Lipinski definition) is 0. The van der Waals surface area contributed by atoms with Crippen LogP contribution in [0.15, 0.2) is 30.3 Å². The number of halogens is 1. The van der Waals surface area contributed by atoms with Gasteiger partial charge in [-0.1, -0.05) is 198 Å². The van der Waals surface area contributed by atoms with Gasteiger partial charge in [-0.15, -0.1) is 0 Å². The van der Waals surface area contributed by atoms with Gasteiger partial charge in [0.2, 0.25) is 0 Å². The van der Waals surface area contributed by atoms with Crippen LogP contribution in [-0.2, 0) is 6.54 Å². The summed E-state index contributed by atoms with van der Waals surface area (Å²) in [6.07, 6.45) is 40.6. The normalized spacial score (nSPS) is 11.6. The van der Waals surface area contributed by atoms with E-state index in [9.17, 15) is 0 Å². The summed E-state index contributed by atoms with van der Waals surface area (Å²) in [4.78, 5) is 0. The zero-order valence-electron chi connectivity index (χ0n) is 29.1. The van der Waals surface area contributed by atoms with Gasteiger partial charge < -0.3 is 21.5 Å². The molecule has 0 bridgehead atoms. The van der Waals surface area contributed by atoms with E-state index in [1.54, 1.807) is 0 Å². The minimum atomic E-state index is 0. The lowest BCUT2D eigenvalue weighted by atomic mass is 10.0. The maximum absolute atomic E-state index is 2.54. The van der Waals surface area contributed by atoms with Crippen molar-refractivity contribution in [2.24, 2.45) is 0 Å². The minimum absolute atomic E-state index is 0. The summed E-state index contributed by atoms with van der Waals surface area (Å²) in [5.41, 5.74) is 1.52. The minimum Gasteiger partial charge on any atom is -1.00 e. The summed E-state index contributed by atoms with van der Waals surface area (Å²) in [7, 11) is 2.54. The zero-order chi connectivity index (χ0) is 29.5. The summed E-state index contributed by atoms with van der Waals surface area (Å²) in [6.45, 7) is 8.53. The highest BCUT2D eigenvalue weighted by Gasteiger charge is 2.21. The van der Waals surface area contributed by atoms with E-state index in [0.29, 0.717) is 0 Å². The summed E-state index contributed by atoms with van der Waals surface area (Å²) in [5, 5.41) is 0. The molecule has 0 amide bonds. The van der Waals surface area contributed by atoms with Gasteiger partial charge in [-0.05, 0) is 25.7 Å². The van der Waals surface area contributed by atoms with E-state index < -0.39 is 0 Å². The Hall–Kier alpha value is -0.340. The van der Waals surface area contributed by atoms with Gasteiger partial charge in [0.25, 0.3) is 0 Å². The quantitative estimate of drug-likeness (QED) is 0.0538. The van der Waals surface area contributed by atoms with Crippen LogP contribution in [0.3, 0.4) is 0 Å². The van der Waals surface area contributed by atoms with Crippen LogP contribution in [0.4, 0.5) is 0 Å². The fourth-order valence-electron chi connectivity index (χ4n) is 6.67. The van der Waals surface area contributed by atoms with Crippen molar-refractivity contribution >= 4 is 0 Å². The van der Waals surface area contributed by atoms with Gasteiger partial charge in [-0.25, -0.2) is 0 Å². The first-order chi connectivity index (χ1) is 20.2. The molecule has 0 saturated heterocycles. The van der Waals surface area contributed by atoms with Gasteiger partial charge in [0, 0.05) is 5.56 Å². The molecule has 0 fully saturated rings. The second-order valence-electron chi connectivity index (χ2n) is 13.9. The molecular weight excluding hydrogens is 574 g/mol. The van der Waals surface area contributed by atoms with Crippen molar-refractivity contribution in [3.63, 3.8) is 0 Å². The van der Waals surface area contributed by atoms with Gasteiger partial charge in [0.15, 0.2) is 0 Å². The third-order valence-corrected chi connectivity index (χ3v) is 9.51. The molecule has 0 aliphatic heterocycles. The summed E-state index contributed by atoms with van der Waals surface area (Å²) < 4.78 is 1.24. The van der Waals surface area contributed by atoms with Gasteiger partial charge in [-0.2, -0.15) is 0 Å². The van der Waals surface area contributed by atoms with E-state index in [1.165, 1.54) is 209 Å². The highest BCUT2D eigenvalue weighted by atomic mass is 79.9. The molecule has 0 aromatic heterocycles. The molecule has 1 nitrogen and oxygen atoms in total. The molecule has 1 aromatic rings. The predicted octanol–water partition coefficient (Wildman–Crippen LogP) is 10.6. The predicted molar refractivity (Wildman–Crippen MR) is 187 cm³/mol. The second-order valence-corrected chi connectivity index (χ2v) is 13.9. The average molecular weight is 651 g/mol. The average Bonchev–Trinajstić information content (AvgIpc) is 2.98. The van der Waals surface area contributed by atoms with Crippen molar-refractivity contribution in [2.45, 2.75) is 200 Å². The lowest BCUT2D eigenvalue weighted by Gasteiger charge is -2.35. The first-order valence-corrected chi connectivity index (χ1v) is 19.1. The Labute approximate surface area is 276 Å². The van der Waals surface area contributed by atoms with Crippen LogP contribution < -0.4 is 17.0 Å². The molecule has 0 atom stereocenters. The number of rotatable bonds is 32. The Morgan fingerprint density at radius 1 is 0.381 bits per heavy atom. The molecule has 0 spiro atoms. The molecule has 0 saturated carbocycles. The number of quaternary nitrogens is 1. The molecule has 2 heteroatoms. The smallest absolute Gasteiger partial charge is 0.104 e. The molecule has 0 N–H and O–H groups in total. The third kappa shape index (κ3) is 27.2. The molecule has 42 heavy (non-hydrogen) atoms. The SMILES string of the molecule is CCCCCCCCCCCCCCCC[N+](C)(CCCCCCCCCCCCCCCC)Cc1ccccc1.[Br-]. The molecule has 0 unspecified atom stereocenters. The van der Waals surface area contributed by atoms with Crippen molar-refractivity contribution in [3.05, 3.63) is 35.9 Å². The summed E-state index contributed by atoms with van der Waals surface area (Å²) in [5.74, 6) is 0. The highest BCUT2D eigenvalue weighted by Crippen LogP contribution is 2.19. The van der Waals surface area contributed by atoms with Crippen LogP contribution in [0, 0.1) is 0 Å². The van der Waals surface area contributed by atoms with Gasteiger partial charge >= 0.3 is 0 Å². The zero-order valence-corrected chi connectivity index (χ0v) is 30.7.